The first-order chi connectivity index (χ1) is 15.3. The number of aromatic amines is 2. The summed E-state index contributed by atoms with van der Waals surface area (Å²) in [7, 11) is -3.45. The van der Waals surface area contributed by atoms with Gasteiger partial charge in [-0.05, 0) is 48.4 Å². The van der Waals surface area contributed by atoms with E-state index in [4.69, 9.17) is 0 Å². The molecule has 0 unspecified atom stereocenters. The van der Waals surface area contributed by atoms with Crippen LogP contribution in [-0.4, -0.2) is 40.7 Å². The highest BCUT2D eigenvalue weighted by molar-refractivity contribution is 7.92. The first-order valence-corrected chi connectivity index (χ1v) is 12.3. The van der Waals surface area contributed by atoms with Crippen LogP contribution < -0.4 is 10.0 Å². The van der Waals surface area contributed by atoms with Crippen molar-refractivity contribution in [2.75, 3.05) is 16.3 Å². The lowest BCUT2D eigenvalue weighted by atomic mass is 9.99. The Kier molecular flexibility index (Phi) is 4.72. The number of amides is 1. The number of anilines is 2. The topological polar surface area (TPSA) is 133 Å². The second kappa shape index (κ2) is 7.46. The second-order valence-corrected chi connectivity index (χ2v) is 10.2. The van der Waals surface area contributed by atoms with Crippen LogP contribution in [0.15, 0.2) is 48.1 Å². The Hall–Kier alpha value is -3.70. The molecular formula is C21H18N6O3S2. The number of benzene rings is 2. The third-order valence-electron chi connectivity index (χ3n) is 4.94. The third kappa shape index (κ3) is 3.83. The lowest BCUT2D eigenvalue weighted by Gasteiger charge is -2.12. The third-order valence-corrected chi connectivity index (χ3v) is 6.32. The molecule has 0 aliphatic heterocycles. The summed E-state index contributed by atoms with van der Waals surface area (Å²) < 4.78 is 26.1. The maximum Gasteiger partial charge on any atom is 0.275 e. The summed E-state index contributed by atoms with van der Waals surface area (Å²) in [6.45, 7) is 1.84. The van der Waals surface area contributed by atoms with E-state index in [1.54, 1.807) is 29.9 Å². The number of carbonyl (C=O) groups excluding carboxylic acids is 1. The molecule has 0 aliphatic carbocycles. The summed E-state index contributed by atoms with van der Waals surface area (Å²) in [5.41, 5.74) is 4.46. The molecule has 0 saturated heterocycles. The molecule has 0 radical (unpaired) electrons. The summed E-state index contributed by atoms with van der Waals surface area (Å²) in [6.07, 6.45) is 4.55. The number of H-pyrrole nitrogens is 2. The molecule has 9 nitrogen and oxygen atoms in total. The van der Waals surface area contributed by atoms with Crippen molar-refractivity contribution in [3.8, 4) is 11.1 Å². The Labute approximate surface area is 186 Å². The van der Waals surface area contributed by atoms with E-state index in [9.17, 15) is 13.2 Å². The summed E-state index contributed by atoms with van der Waals surface area (Å²) in [4.78, 5) is 20.1. The van der Waals surface area contributed by atoms with Crippen molar-refractivity contribution >= 4 is 60.4 Å². The maximum atomic E-state index is 12.7. The fourth-order valence-electron chi connectivity index (χ4n) is 3.64. The Morgan fingerprint density at radius 1 is 1.12 bits per heavy atom. The van der Waals surface area contributed by atoms with Crippen molar-refractivity contribution in [3.63, 3.8) is 0 Å². The minimum absolute atomic E-state index is 0.312. The lowest BCUT2D eigenvalue weighted by molar-refractivity contribution is 0.102. The number of thiazole rings is 1. The van der Waals surface area contributed by atoms with Gasteiger partial charge >= 0.3 is 0 Å². The van der Waals surface area contributed by atoms with Gasteiger partial charge in [-0.25, -0.2) is 13.4 Å². The summed E-state index contributed by atoms with van der Waals surface area (Å²) in [6, 6.07) is 9.19. The number of fused-ring (bicyclic) bond motifs is 2. The number of hydrogen-bond acceptors (Lipinski definition) is 6. The summed E-state index contributed by atoms with van der Waals surface area (Å²) in [5, 5.41) is 14.2. The molecule has 5 rings (SSSR count). The fraction of sp³-hybridized carbons (Fsp3) is 0.0952. The Morgan fingerprint density at radius 2 is 1.97 bits per heavy atom. The number of sulfonamides is 1. The van der Waals surface area contributed by atoms with Crippen LogP contribution in [0.3, 0.4) is 0 Å². The van der Waals surface area contributed by atoms with Gasteiger partial charge in [-0.2, -0.15) is 5.10 Å². The van der Waals surface area contributed by atoms with E-state index in [1.165, 1.54) is 11.3 Å². The number of rotatable bonds is 5. The highest BCUT2D eigenvalue weighted by atomic mass is 32.2. The molecule has 0 bridgehead atoms. The van der Waals surface area contributed by atoms with Gasteiger partial charge in [0.15, 0.2) is 0 Å². The maximum absolute atomic E-state index is 12.7. The van der Waals surface area contributed by atoms with E-state index in [-0.39, 0.29) is 5.91 Å². The number of nitrogens with one attached hydrogen (secondary N) is 4. The summed E-state index contributed by atoms with van der Waals surface area (Å²) in [5.74, 6) is -0.312. The molecule has 3 aromatic heterocycles. The smallest absolute Gasteiger partial charge is 0.275 e. The molecule has 32 heavy (non-hydrogen) atoms. The van der Waals surface area contributed by atoms with Crippen LogP contribution >= 0.6 is 11.3 Å². The predicted molar refractivity (Wildman–Crippen MR) is 127 cm³/mol. The zero-order valence-corrected chi connectivity index (χ0v) is 18.7. The number of hydrogen-bond donors (Lipinski definition) is 4. The van der Waals surface area contributed by atoms with Crippen molar-refractivity contribution in [3.05, 3.63) is 58.8 Å². The highest BCUT2D eigenvalue weighted by Gasteiger charge is 2.16. The molecule has 0 spiro atoms. The number of aromatic nitrogens is 4. The predicted octanol–water partition coefficient (Wildman–Crippen LogP) is 4.10. The zero-order valence-electron chi connectivity index (χ0n) is 17.1. The van der Waals surface area contributed by atoms with Gasteiger partial charge in [-0.3, -0.25) is 14.6 Å². The van der Waals surface area contributed by atoms with Crippen LogP contribution in [0.1, 0.15) is 15.5 Å². The van der Waals surface area contributed by atoms with Gasteiger partial charge in [0.1, 0.15) is 5.69 Å². The average molecular weight is 467 g/mol. The first kappa shape index (κ1) is 20.2. The van der Waals surface area contributed by atoms with Gasteiger partial charge in [0.2, 0.25) is 10.0 Å². The summed E-state index contributed by atoms with van der Waals surface area (Å²) >= 11 is 1.41. The first-order valence-electron chi connectivity index (χ1n) is 9.57. The van der Waals surface area contributed by atoms with Crippen molar-refractivity contribution in [2.45, 2.75) is 6.92 Å². The normalized spacial score (nSPS) is 11.8. The highest BCUT2D eigenvalue weighted by Crippen LogP contribution is 2.36. The van der Waals surface area contributed by atoms with Gasteiger partial charge in [0.05, 0.1) is 34.4 Å². The van der Waals surface area contributed by atoms with Gasteiger partial charge in [0, 0.05) is 27.9 Å². The van der Waals surface area contributed by atoms with Crippen molar-refractivity contribution in [1.82, 2.24) is 20.2 Å². The SMILES string of the molecule is Cc1nc(C(=O)Nc2cc(-c3cc(NS(C)(=O)=O)cc4[nH]ccc34)cc3[nH]ncc23)cs1. The van der Waals surface area contributed by atoms with Crippen LogP contribution in [0.5, 0.6) is 0 Å². The number of aryl methyl sites for hydroxylation is 1. The van der Waals surface area contributed by atoms with E-state index in [0.717, 1.165) is 44.2 Å². The molecule has 0 aliphatic rings. The number of nitrogens with zero attached hydrogens (tertiary/aromatic N) is 2. The van der Waals surface area contributed by atoms with E-state index >= 15 is 0 Å². The Balaban J connectivity index is 1.64. The lowest BCUT2D eigenvalue weighted by Crippen LogP contribution is -2.12. The molecule has 0 atom stereocenters. The quantitative estimate of drug-likeness (QED) is 0.310. The fourth-order valence-corrected chi connectivity index (χ4v) is 4.78. The average Bonchev–Trinajstić information content (AvgIpc) is 3.45. The molecule has 1 amide bonds. The molecular weight excluding hydrogens is 448 g/mol. The number of carbonyl (C=O) groups is 1. The molecule has 0 saturated carbocycles. The van der Waals surface area contributed by atoms with Crippen LogP contribution in [0, 0.1) is 6.92 Å². The Morgan fingerprint density at radius 3 is 2.72 bits per heavy atom. The van der Waals surface area contributed by atoms with Crippen molar-refractivity contribution < 1.29 is 13.2 Å². The minimum atomic E-state index is -3.45. The molecule has 0 fully saturated rings. The van der Waals surface area contributed by atoms with Crippen molar-refractivity contribution in [1.29, 1.82) is 0 Å². The minimum Gasteiger partial charge on any atom is -0.361 e. The molecule has 5 aromatic rings. The van der Waals surface area contributed by atoms with Crippen molar-refractivity contribution in [2.24, 2.45) is 0 Å². The molecule has 2 aromatic carbocycles. The van der Waals surface area contributed by atoms with E-state index in [0.29, 0.717) is 17.1 Å². The van der Waals surface area contributed by atoms with Gasteiger partial charge in [-0.15, -0.1) is 11.3 Å². The molecule has 11 heteroatoms. The standard InChI is InChI=1S/C21H18N6O3S2/c1-11-24-20(10-31-11)21(28)25-18-5-12(6-19-16(18)9-23-26-19)15-7-13(27-32(2,29)30)8-17-14(15)3-4-22-17/h3-10,22,27H,1-2H3,(H,23,26)(H,25,28). The molecule has 162 valence electrons. The monoisotopic (exact) mass is 466 g/mol. The largest absolute Gasteiger partial charge is 0.361 e. The molecule has 4 N–H and O–H groups in total. The van der Waals surface area contributed by atoms with Gasteiger partial charge in [0.25, 0.3) is 5.91 Å². The van der Waals surface area contributed by atoms with Crippen LogP contribution in [0.25, 0.3) is 32.9 Å². The molecule has 3 heterocycles. The van der Waals surface area contributed by atoms with Crippen LogP contribution in [0.4, 0.5) is 11.4 Å². The van der Waals surface area contributed by atoms with Gasteiger partial charge in [-0.1, -0.05) is 0 Å². The van der Waals surface area contributed by atoms with Crippen LogP contribution in [0.2, 0.25) is 0 Å². The second-order valence-electron chi connectivity index (χ2n) is 7.40. The van der Waals surface area contributed by atoms with Crippen LogP contribution in [-0.2, 0) is 10.0 Å². The van der Waals surface area contributed by atoms with E-state index in [2.05, 4.69) is 30.2 Å². The van der Waals surface area contributed by atoms with E-state index in [1.807, 2.05) is 25.1 Å². The van der Waals surface area contributed by atoms with E-state index < -0.39 is 10.0 Å². The zero-order chi connectivity index (χ0) is 22.5. The Bertz CT molecular complexity index is 1600. The van der Waals surface area contributed by atoms with Gasteiger partial charge < -0.3 is 10.3 Å².